The number of esters is 5. The second-order valence-electron chi connectivity index (χ2n) is 6.14. The Kier molecular flexibility index (Phi) is 9.02. The van der Waals surface area contributed by atoms with Gasteiger partial charge in [-0.15, -0.1) is 0 Å². The van der Waals surface area contributed by atoms with Crippen molar-refractivity contribution in [2.45, 2.75) is 58.5 Å². The largest absolute Gasteiger partial charge is 0.462 e. The second kappa shape index (κ2) is 11.0. The minimum absolute atomic E-state index is 0.106. The Morgan fingerprint density at radius 1 is 1.00 bits per heavy atom. The molecule has 0 spiro atoms. The van der Waals surface area contributed by atoms with Gasteiger partial charge in [0.1, 0.15) is 12.7 Å². The van der Waals surface area contributed by atoms with Crippen molar-refractivity contribution in [2.24, 2.45) is 0 Å². The average molecular weight is 433 g/mol. The molecule has 1 aliphatic rings. The number of nitrogens with zero attached hydrogens (tertiary/aromatic N) is 1. The van der Waals surface area contributed by atoms with Crippen molar-refractivity contribution in [3.05, 3.63) is 5.21 Å². The number of hydrogen-bond donors (Lipinski definition) is 0. The van der Waals surface area contributed by atoms with Gasteiger partial charge in [-0.25, -0.2) is 4.79 Å². The van der Waals surface area contributed by atoms with Gasteiger partial charge in [-0.2, -0.15) is 0 Å². The van der Waals surface area contributed by atoms with Crippen molar-refractivity contribution >= 4 is 35.6 Å². The summed E-state index contributed by atoms with van der Waals surface area (Å²) >= 11 is 0. The van der Waals surface area contributed by atoms with Gasteiger partial charge >= 0.3 is 35.6 Å². The summed E-state index contributed by atoms with van der Waals surface area (Å²) in [5.41, 5.74) is -0.426. The maximum Gasteiger partial charge on any atom is 0.404 e. The molecule has 0 saturated heterocycles. The fraction of sp³-hybridized carbons (Fsp3) is 0.647. The lowest BCUT2D eigenvalue weighted by Crippen LogP contribution is -2.52. The Bertz CT molecular complexity index is 730. The quantitative estimate of drug-likeness (QED) is 0.252. The van der Waals surface area contributed by atoms with Crippen LogP contribution in [0, 0.1) is 5.21 Å². The summed E-state index contributed by atoms with van der Waals surface area (Å²) in [6.45, 7) is 3.69. The smallest absolute Gasteiger partial charge is 0.404 e. The van der Waals surface area contributed by atoms with Gasteiger partial charge < -0.3 is 28.5 Å². The molecular formula is C17H23NO12. The minimum Gasteiger partial charge on any atom is -0.462 e. The summed E-state index contributed by atoms with van der Waals surface area (Å²) in [5, 5.41) is 11.9. The Hall–Kier alpha value is -3.38. The van der Waals surface area contributed by atoms with Gasteiger partial charge in [-0.1, -0.05) is 0 Å². The molecule has 0 N–H and O–H groups in total. The van der Waals surface area contributed by atoms with Crippen molar-refractivity contribution < 1.29 is 57.4 Å². The van der Waals surface area contributed by atoms with E-state index < -0.39 is 66.6 Å². The molecule has 0 fully saturated rings. The van der Waals surface area contributed by atoms with Crippen LogP contribution in [0.15, 0.2) is 0 Å². The van der Waals surface area contributed by atoms with Crippen LogP contribution in [-0.2, 0) is 52.5 Å². The SMILES string of the molecule is COC(=O)C1=[N+]([O-])O[C@@H]([C@H](OC(C)=O)[C@H](OC(C)=O)[C@@H](COC(C)=O)OC(C)=O)C1. The topological polar surface area (TPSA) is 167 Å². The van der Waals surface area contributed by atoms with E-state index in [1.54, 1.807) is 0 Å². The summed E-state index contributed by atoms with van der Waals surface area (Å²) in [5.74, 6) is -4.22. The number of methoxy groups -OCH3 is 1. The first-order valence-electron chi connectivity index (χ1n) is 8.69. The summed E-state index contributed by atoms with van der Waals surface area (Å²) in [6.07, 6.45) is -6.13. The van der Waals surface area contributed by atoms with Gasteiger partial charge in [0.05, 0.1) is 13.5 Å². The molecule has 13 heteroatoms. The predicted molar refractivity (Wildman–Crippen MR) is 93.4 cm³/mol. The molecule has 0 aromatic heterocycles. The van der Waals surface area contributed by atoms with Gasteiger partial charge in [-0.3, -0.25) is 24.4 Å². The first-order chi connectivity index (χ1) is 14.0. The average Bonchev–Trinajstić information content (AvgIpc) is 3.01. The van der Waals surface area contributed by atoms with Crippen LogP contribution in [0.5, 0.6) is 0 Å². The summed E-state index contributed by atoms with van der Waals surface area (Å²) in [6, 6.07) is 0. The Morgan fingerprint density at radius 2 is 1.57 bits per heavy atom. The number of rotatable bonds is 9. The van der Waals surface area contributed by atoms with Crippen molar-refractivity contribution in [1.29, 1.82) is 0 Å². The maximum absolute atomic E-state index is 11.9. The van der Waals surface area contributed by atoms with Crippen molar-refractivity contribution in [1.82, 2.24) is 0 Å². The van der Waals surface area contributed by atoms with E-state index in [2.05, 4.69) is 4.74 Å². The first-order valence-corrected chi connectivity index (χ1v) is 8.69. The second-order valence-corrected chi connectivity index (χ2v) is 6.14. The van der Waals surface area contributed by atoms with Crippen molar-refractivity contribution in [2.75, 3.05) is 13.7 Å². The Morgan fingerprint density at radius 3 is 2.03 bits per heavy atom. The molecule has 30 heavy (non-hydrogen) atoms. The number of hydrogen-bond acceptors (Lipinski definition) is 12. The molecule has 0 amide bonds. The van der Waals surface area contributed by atoms with Gasteiger partial charge in [-0.05, 0) is 0 Å². The molecule has 4 atom stereocenters. The van der Waals surface area contributed by atoms with E-state index >= 15 is 0 Å². The Balaban J connectivity index is 3.28. The monoisotopic (exact) mass is 433 g/mol. The van der Waals surface area contributed by atoms with Crippen LogP contribution in [0.2, 0.25) is 0 Å². The van der Waals surface area contributed by atoms with E-state index in [9.17, 15) is 29.2 Å². The summed E-state index contributed by atoms with van der Waals surface area (Å²) in [4.78, 5) is 62.7. The Labute approximate surface area is 171 Å². The molecule has 0 aromatic carbocycles. The fourth-order valence-corrected chi connectivity index (χ4v) is 2.64. The lowest BCUT2D eigenvalue weighted by molar-refractivity contribution is -0.742. The van der Waals surface area contributed by atoms with Crippen LogP contribution in [-0.4, -0.2) is 78.6 Å². The van der Waals surface area contributed by atoms with E-state index in [1.165, 1.54) is 0 Å². The van der Waals surface area contributed by atoms with Gasteiger partial charge in [0.2, 0.25) is 0 Å². The molecule has 0 aromatic rings. The zero-order valence-electron chi connectivity index (χ0n) is 17.1. The highest BCUT2D eigenvalue weighted by atomic mass is 16.9. The molecule has 168 valence electrons. The van der Waals surface area contributed by atoms with E-state index in [0.29, 0.717) is 0 Å². The molecule has 1 heterocycles. The molecular weight excluding hydrogens is 410 g/mol. The fourth-order valence-electron chi connectivity index (χ4n) is 2.64. The molecule has 1 aliphatic heterocycles. The highest BCUT2D eigenvalue weighted by molar-refractivity contribution is 6.34. The van der Waals surface area contributed by atoms with Crippen LogP contribution in [0.3, 0.4) is 0 Å². The zero-order chi connectivity index (χ0) is 23.0. The minimum atomic E-state index is -1.54. The molecule has 13 nitrogen and oxygen atoms in total. The van der Waals surface area contributed by atoms with Crippen LogP contribution in [0.25, 0.3) is 0 Å². The van der Waals surface area contributed by atoms with Crippen molar-refractivity contribution in [3.8, 4) is 0 Å². The van der Waals surface area contributed by atoms with E-state index in [4.69, 9.17) is 23.8 Å². The normalized spacial score (nSPS) is 18.4. The lowest BCUT2D eigenvalue weighted by Gasteiger charge is -2.34. The highest BCUT2D eigenvalue weighted by Crippen LogP contribution is 2.25. The van der Waals surface area contributed by atoms with Gasteiger partial charge in [0.25, 0.3) is 0 Å². The summed E-state index contributed by atoms with van der Waals surface area (Å²) < 4.78 is 24.7. The third-order valence-electron chi connectivity index (χ3n) is 3.70. The molecule has 0 radical (unpaired) electrons. The standard InChI is InChI=1S/C17H23NO12/c1-8(19)26-7-14(27-9(2)20)16(29-11(4)22)15(28-10(3)21)13-6-12(17(23)25-5)18(24)30-13/h13-16H,6-7H2,1-5H3/t13-,14-,15+,16-/m1/s1. The third kappa shape index (κ3) is 7.22. The van der Waals surface area contributed by atoms with Crippen molar-refractivity contribution in [3.63, 3.8) is 0 Å². The molecule has 0 aliphatic carbocycles. The maximum atomic E-state index is 11.9. The van der Waals surface area contributed by atoms with Crippen LogP contribution in [0.1, 0.15) is 34.1 Å². The zero-order valence-corrected chi connectivity index (χ0v) is 17.1. The number of carbonyl (C=O) groups excluding carboxylic acids is 5. The molecule has 0 saturated carbocycles. The van der Waals surface area contributed by atoms with E-state index in [-0.39, 0.29) is 11.3 Å². The lowest BCUT2D eigenvalue weighted by atomic mass is 9.98. The van der Waals surface area contributed by atoms with E-state index in [0.717, 1.165) is 34.8 Å². The van der Waals surface area contributed by atoms with Crippen LogP contribution < -0.4 is 0 Å². The van der Waals surface area contributed by atoms with Gasteiger partial charge in [0.15, 0.2) is 18.3 Å². The molecule has 1 rings (SSSR count). The van der Waals surface area contributed by atoms with Crippen LogP contribution >= 0.6 is 0 Å². The number of carbonyl (C=O) groups is 5. The first kappa shape index (κ1) is 24.7. The molecule has 0 bridgehead atoms. The third-order valence-corrected chi connectivity index (χ3v) is 3.70. The predicted octanol–water partition coefficient (Wildman–Crippen LogP) is -0.827. The number of ether oxygens (including phenoxy) is 5. The van der Waals surface area contributed by atoms with Crippen LogP contribution in [0.4, 0.5) is 0 Å². The van der Waals surface area contributed by atoms with E-state index in [1.807, 2.05) is 0 Å². The molecule has 0 unspecified atom stereocenters. The summed E-state index contributed by atoms with van der Waals surface area (Å²) in [7, 11) is 1.05. The highest BCUT2D eigenvalue weighted by Gasteiger charge is 2.47. The van der Waals surface area contributed by atoms with Gasteiger partial charge in [0, 0.05) is 32.6 Å².